The van der Waals surface area contributed by atoms with Crippen LogP contribution >= 0.6 is 11.6 Å². The monoisotopic (exact) mass is 413 g/mol. The zero-order chi connectivity index (χ0) is 20.8. The van der Waals surface area contributed by atoms with Crippen LogP contribution in [0.2, 0.25) is 5.02 Å². The molecule has 148 valence electrons. The lowest BCUT2D eigenvalue weighted by molar-refractivity contribution is -0.125. The number of amides is 2. The highest BCUT2D eigenvalue weighted by molar-refractivity contribution is 6.30. The molecule has 0 aliphatic carbocycles. The molecule has 0 radical (unpaired) electrons. The van der Waals surface area contributed by atoms with Crippen molar-refractivity contribution >= 4 is 29.4 Å². The number of ether oxygens (including phenoxy) is 1. The van der Waals surface area contributed by atoms with Crippen molar-refractivity contribution in [3.05, 3.63) is 76.5 Å². The predicted molar refractivity (Wildman–Crippen MR) is 104 cm³/mol. The van der Waals surface area contributed by atoms with Crippen LogP contribution in [0.1, 0.15) is 26.5 Å². The third kappa shape index (κ3) is 4.99. The molecule has 29 heavy (non-hydrogen) atoms. The van der Waals surface area contributed by atoms with E-state index in [1.165, 1.54) is 12.1 Å². The minimum atomic E-state index is -0.762. The van der Waals surface area contributed by atoms with Crippen molar-refractivity contribution in [1.29, 1.82) is 0 Å². The van der Waals surface area contributed by atoms with Crippen molar-refractivity contribution < 1.29 is 23.6 Å². The fourth-order valence-electron chi connectivity index (χ4n) is 2.44. The first kappa shape index (κ1) is 20.1. The Hall–Kier alpha value is -3.65. The topological polar surface area (TPSA) is 111 Å². The maximum atomic E-state index is 12.4. The van der Waals surface area contributed by atoms with Crippen LogP contribution in [0.4, 0.5) is 0 Å². The predicted octanol–water partition coefficient (Wildman–Crippen LogP) is 2.92. The Balaban J connectivity index is 1.56. The van der Waals surface area contributed by atoms with Gasteiger partial charge in [0.1, 0.15) is 17.0 Å². The molecule has 0 saturated heterocycles. The number of nitrogens with zero attached hydrogens (tertiary/aromatic N) is 1. The molecule has 1 heterocycles. The minimum Gasteiger partial charge on any atom is -0.452 e. The maximum absolute atomic E-state index is 12.4. The van der Waals surface area contributed by atoms with Gasteiger partial charge in [0, 0.05) is 16.1 Å². The number of halogens is 1. The third-order valence-electron chi connectivity index (χ3n) is 3.87. The van der Waals surface area contributed by atoms with Gasteiger partial charge in [-0.3, -0.25) is 20.4 Å². The van der Waals surface area contributed by atoms with Crippen molar-refractivity contribution in [2.45, 2.75) is 6.92 Å². The summed E-state index contributed by atoms with van der Waals surface area (Å²) < 4.78 is 10.1. The van der Waals surface area contributed by atoms with E-state index in [2.05, 4.69) is 16.0 Å². The van der Waals surface area contributed by atoms with E-state index in [0.29, 0.717) is 21.8 Å². The number of aryl methyl sites for hydroxylation is 1. The van der Waals surface area contributed by atoms with Crippen LogP contribution in [0.3, 0.4) is 0 Å². The number of esters is 1. The molecular formula is C20H16ClN3O5. The number of hydrazine groups is 1. The second-order valence-corrected chi connectivity index (χ2v) is 6.35. The van der Waals surface area contributed by atoms with E-state index in [1.807, 2.05) is 6.07 Å². The van der Waals surface area contributed by atoms with E-state index < -0.39 is 24.4 Å². The zero-order valence-corrected chi connectivity index (χ0v) is 16.0. The second-order valence-electron chi connectivity index (χ2n) is 5.91. The highest BCUT2D eigenvalue weighted by Crippen LogP contribution is 2.25. The number of rotatable bonds is 5. The molecule has 0 aliphatic rings. The van der Waals surface area contributed by atoms with E-state index >= 15 is 0 Å². The summed E-state index contributed by atoms with van der Waals surface area (Å²) in [6, 6.07) is 15.1. The van der Waals surface area contributed by atoms with E-state index in [0.717, 1.165) is 0 Å². The fourth-order valence-corrected chi connectivity index (χ4v) is 2.57. The third-order valence-corrected chi connectivity index (χ3v) is 4.12. The molecular weight excluding hydrogens is 398 g/mol. The molecule has 0 aliphatic heterocycles. The van der Waals surface area contributed by atoms with Gasteiger partial charge >= 0.3 is 5.97 Å². The van der Waals surface area contributed by atoms with Crippen molar-refractivity contribution in [2.24, 2.45) is 0 Å². The molecule has 0 spiro atoms. The number of aromatic nitrogens is 1. The lowest BCUT2D eigenvalue weighted by Gasteiger charge is -2.08. The highest BCUT2D eigenvalue weighted by Gasteiger charge is 2.23. The summed E-state index contributed by atoms with van der Waals surface area (Å²) in [5, 5.41) is 4.37. The standard InChI is InChI=1S/C20H16ClN3O5/c1-12-17(18(24-29-12)13-5-3-2-4-6-13)20(27)28-11-16(25)22-23-19(26)14-7-9-15(21)10-8-14/h2-10H,11H2,1H3,(H,22,25)(H,23,26). The summed E-state index contributed by atoms with van der Waals surface area (Å²) in [4.78, 5) is 36.2. The van der Waals surface area contributed by atoms with Crippen molar-refractivity contribution in [2.75, 3.05) is 6.61 Å². The van der Waals surface area contributed by atoms with Crippen LogP contribution in [0, 0.1) is 6.92 Å². The average Bonchev–Trinajstić information content (AvgIpc) is 3.13. The molecule has 1 aromatic heterocycles. The van der Waals surface area contributed by atoms with Gasteiger partial charge in [0.2, 0.25) is 0 Å². The highest BCUT2D eigenvalue weighted by atomic mass is 35.5. The first-order valence-electron chi connectivity index (χ1n) is 8.49. The van der Waals surface area contributed by atoms with Crippen LogP contribution in [0.5, 0.6) is 0 Å². The molecule has 0 atom stereocenters. The van der Waals surface area contributed by atoms with Crippen LogP contribution < -0.4 is 10.9 Å². The minimum absolute atomic E-state index is 0.134. The number of carbonyl (C=O) groups is 3. The molecule has 3 rings (SSSR count). The summed E-state index contributed by atoms with van der Waals surface area (Å²) in [5.74, 6) is -1.74. The Labute approximate surface area is 170 Å². The van der Waals surface area contributed by atoms with Crippen molar-refractivity contribution in [3.8, 4) is 11.3 Å². The summed E-state index contributed by atoms with van der Waals surface area (Å²) in [5.41, 5.74) is 5.83. The molecule has 3 aromatic rings. The van der Waals surface area contributed by atoms with Crippen LogP contribution in [0.25, 0.3) is 11.3 Å². The number of nitrogens with one attached hydrogen (secondary N) is 2. The summed E-state index contributed by atoms with van der Waals surface area (Å²) in [6.45, 7) is 0.973. The van der Waals surface area contributed by atoms with Crippen LogP contribution in [0.15, 0.2) is 59.1 Å². The molecule has 0 unspecified atom stereocenters. The Morgan fingerprint density at radius 1 is 1.03 bits per heavy atom. The molecule has 2 aromatic carbocycles. The molecule has 9 heteroatoms. The van der Waals surface area contributed by atoms with E-state index in [9.17, 15) is 14.4 Å². The van der Waals surface area contributed by atoms with Crippen molar-refractivity contribution in [3.63, 3.8) is 0 Å². The Morgan fingerprint density at radius 2 is 1.72 bits per heavy atom. The molecule has 2 amide bonds. The largest absolute Gasteiger partial charge is 0.452 e. The molecule has 0 fully saturated rings. The van der Waals surface area contributed by atoms with Gasteiger partial charge in [0.15, 0.2) is 6.61 Å². The fraction of sp³-hybridized carbons (Fsp3) is 0.100. The van der Waals surface area contributed by atoms with E-state index in [1.54, 1.807) is 43.3 Å². The summed E-state index contributed by atoms with van der Waals surface area (Å²) in [6.07, 6.45) is 0. The maximum Gasteiger partial charge on any atom is 0.344 e. The van der Waals surface area contributed by atoms with Gasteiger partial charge in [-0.1, -0.05) is 47.1 Å². The van der Waals surface area contributed by atoms with E-state index in [-0.39, 0.29) is 11.3 Å². The zero-order valence-electron chi connectivity index (χ0n) is 15.3. The van der Waals surface area contributed by atoms with Crippen LogP contribution in [-0.2, 0) is 9.53 Å². The van der Waals surface area contributed by atoms with Gasteiger partial charge in [-0.2, -0.15) is 0 Å². The number of hydrogen-bond acceptors (Lipinski definition) is 6. The first-order chi connectivity index (χ1) is 14.0. The second kappa shape index (κ2) is 9.03. The van der Waals surface area contributed by atoms with Gasteiger partial charge in [-0.05, 0) is 31.2 Å². The Kier molecular flexibility index (Phi) is 6.25. The number of hydrogen-bond donors (Lipinski definition) is 2. The normalized spacial score (nSPS) is 10.3. The molecule has 0 saturated carbocycles. The summed E-state index contributed by atoms with van der Waals surface area (Å²) in [7, 11) is 0. The van der Waals surface area contributed by atoms with Gasteiger partial charge < -0.3 is 9.26 Å². The number of benzene rings is 2. The SMILES string of the molecule is Cc1onc(-c2ccccc2)c1C(=O)OCC(=O)NNC(=O)c1ccc(Cl)cc1. The number of carbonyl (C=O) groups excluding carboxylic acids is 3. The smallest absolute Gasteiger partial charge is 0.344 e. The first-order valence-corrected chi connectivity index (χ1v) is 8.87. The van der Waals surface area contributed by atoms with Crippen molar-refractivity contribution in [1.82, 2.24) is 16.0 Å². The lowest BCUT2D eigenvalue weighted by Crippen LogP contribution is -2.43. The van der Waals surface area contributed by atoms with Gasteiger partial charge in [0.25, 0.3) is 11.8 Å². The van der Waals surface area contributed by atoms with E-state index in [4.69, 9.17) is 20.9 Å². The summed E-state index contributed by atoms with van der Waals surface area (Å²) >= 11 is 5.76. The molecule has 2 N–H and O–H groups in total. The lowest BCUT2D eigenvalue weighted by atomic mass is 10.1. The quantitative estimate of drug-likeness (QED) is 0.491. The van der Waals surface area contributed by atoms with Crippen LogP contribution in [-0.4, -0.2) is 29.5 Å². The Bertz CT molecular complexity index is 1030. The average molecular weight is 414 g/mol. The van der Waals surface area contributed by atoms with Gasteiger partial charge in [-0.25, -0.2) is 4.79 Å². The Morgan fingerprint density at radius 3 is 2.41 bits per heavy atom. The molecule has 0 bridgehead atoms. The molecule has 8 nitrogen and oxygen atoms in total. The van der Waals surface area contributed by atoms with Gasteiger partial charge in [-0.15, -0.1) is 0 Å². The van der Waals surface area contributed by atoms with Gasteiger partial charge in [0.05, 0.1) is 0 Å².